The minimum absolute atomic E-state index is 0.262. The summed E-state index contributed by atoms with van der Waals surface area (Å²) in [7, 11) is 3.08. The number of methoxy groups -OCH3 is 2. The molecule has 0 fully saturated rings. The van der Waals surface area contributed by atoms with Crippen LogP contribution in [0, 0.1) is 0 Å². The molecule has 10 heteroatoms. The average molecular weight is 516 g/mol. The van der Waals surface area contributed by atoms with E-state index in [1.165, 1.54) is 0 Å². The van der Waals surface area contributed by atoms with Crippen LogP contribution in [0.3, 0.4) is 0 Å². The molecule has 1 N–H and O–H groups in total. The highest BCUT2D eigenvalue weighted by atomic mass is 35.5. The summed E-state index contributed by atoms with van der Waals surface area (Å²) >= 11 is 5.94. The molecule has 0 bridgehead atoms. The van der Waals surface area contributed by atoms with Crippen molar-refractivity contribution in [3.63, 3.8) is 0 Å². The van der Waals surface area contributed by atoms with Gasteiger partial charge in [-0.3, -0.25) is 4.79 Å². The van der Waals surface area contributed by atoms with Crippen molar-refractivity contribution in [1.82, 2.24) is 19.7 Å². The van der Waals surface area contributed by atoms with Gasteiger partial charge >= 0.3 is 0 Å². The third-order valence-corrected chi connectivity index (χ3v) is 5.82. The number of aromatic nitrogens is 4. The van der Waals surface area contributed by atoms with Crippen molar-refractivity contribution in [2.24, 2.45) is 0 Å². The average Bonchev–Trinajstić information content (AvgIpc) is 3.60. The third-order valence-electron chi connectivity index (χ3n) is 5.57. The molecule has 0 unspecified atom stereocenters. The molecule has 1 amide bonds. The normalized spacial score (nSPS) is 10.8. The van der Waals surface area contributed by atoms with Crippen LogP contribution in [0.2, 0.25) is 5.02 Å². The van der Waals surface area contributed by atoms with Gasteiger partial charge in [-0.05, 0) is 54.1 Å². The van der Waals surface area contributed by atoms with Crippen molar-refractivity contribution in [1.29, 1.82) is 0 Å². The lowest BCUT2D eigenvalue weighted by molar-refractivity contribution is 0.102. The van der Waals surface area contributed by atoms with Crippen LogP contribution in [-0.2, 0) is 6.54 Å². The van der Waals surface area contributed by atoms with Gasteiger partial charge in [0.25, 0.3) is 11.8 Å². The maximum absolute atomic E-state index is 12.7. The summed E-state index contributed by atoms with van der Waals surface area (Å²) in [6, 6.07) is 19.8. The molecular weight excluding hydrogens is 494 g/mol. The highest BCUT2D eigenvalue weighted by molar-refractivity contribution is 6.30. The molecule has 5 aromatic rings. The van der Waals surface area contributed by atoms with Gasteiger partial charge in [0.15, 0.2) is 0 Å². The van der Waals surface area contributed by atoms with Crippen LogP contribution in [0.4, 0.5) is 5.69 Å². The number of nitrogens with one attached hydrogen (secondary N) is 1. The van der Waals surface area contributed by atoms with E-state index < -0.39 is 0 Å². The molecule has 2 aromatic heterocycles. The number of hydrogen-bond acceptors (Lipinski definition) is 7. The van der Waals surface area contributed by atoms with Crippen LogP contribution in [0.1, 0.15) is 15.9 Å². The van der Waals surface area contributed by atoms with Gasteiger partial charge in [-0.2, -0.15) is 4.98 Å². The lowest BCUT2D eigenvalue weighted by atomic mass is 10.1. The van der Waals surface area contributed by atoms with Gasteiger partial charge in [-0.15, -0.1) is 0 Å². The molecule has 0 aliphatic carbocycles. The summed E-state index contributed by atoms with van der Waals surface area (Å²) < 4.78 is 17.8. The Balaban J connectivity index is 1.23. The van der Waals surface area contributed by atoms with E-state index in [-0.39, 0.29) is 5.91 Å². The first-order chi connectivity index (χ1) is 18.0. The van der Waals surface area contributed by atoms with Crippen LogP contribution in [-0.4, -0.2) is 39.8 Å². The van der Waals surface area contributed by atoms with Crippen molar-refractivity contribution in [2.75, 3.05) is 19.5 Å². The van der Waals surface area contributed by atoms with Crippen molar-refractivity contribution >= 4 is 23.2 Å². The number of carbonyl (C=O) groups excluding carboxylic acids is 1. The largest absolute Gasteiger partial charge is 0.497 e. The van der Waals surface area contributed by atoms with E-state index in [0.29, 0.717) is 51.7 Å². The van der Waals surface area contributed by atoms with Crippen molar-refractivity contribution in [3.05, 3.63) is 95.4 Å². The van der Waals surface area contributed by atoms with E-state index in [2.05, 4.69) is 20.4 Å². The number of hydrogen-bond donors (Lipinski definition) is 1. The van der Waals surface area contributed by atoms with Gasteiger partial charge in [0.05, 0.1) is 20.5 Å². The second kappa shape index (κ2) is 10.5. The first-order valence-electron chi connectivity index (χ1n) is 11.3. The van der Waals surface area contributed by atoms with Gasteiger partial charge in [-0.1, -0.05) is 28.9 Å². The Morgan fingerprint density at radius 1 is 1.00 bits per heavy atom. The predicted octanol–water partition coefficient (Wildman–Crippen LogP) is 5.57. The molecule has 0 aliphatic heterocycles. The molecule has 3 aromatic carbocycles. The molecule has 0 aliphatic rings. The number of amides is 1. The number of carbonyl (C=O) groups is 1. The highest BCUT2D eigenvalue weighted by Gasteiger charge is 2.14. The standard InChI is InChI=1S/C27H22ClN5O4/c1-35-22-11-19(12-23(13-22)36-2)26(34)30-21-9-3-17(4-10-21)14-33-15-24(29-16-33)27-31-25(32-37-27)18-5-7-20(28)8-6-18/h3-13,15-16H,14H2,1-2H3,(H,30,34). The second-order valence-electron chi connectivity index (χ2n) is 8.11. The molecular formula is C27H22ClN5O4. The second-order valence-corrected chi connectivity index (χ2v) is 8.55. The van der Waals surface area contributed by atoms with Gasteiger partial charge < -0.3 is 23.9 Å². The molecule has 0 spiro atoms. The molecule has 0 saturated heterocycles. The van der Waals surface area contributed by atoms with Crippen LogP contribution in [0.25, 0.3) is 23.0 Å². The number of rotatable bonds is 8. The zero-order chi connectivity index (χ0) is 25.8. The summed E-state index contributed by atoms with van der Waals surface area (Å²) in [6.45, 7) is 0.576. The summed E-state index contributed by atoms with van der Waals surface area (Å²) in [5, 5.41) is 7.56. The van der Waals surface area contributed by atoms with Crippen LogP contribution in [0.5, 0.6) is 11.5 Å². The van der Waals surface area contributed by atoms with E-state index in [1.54, 1.807) is 50.9 Å². The van der Waals surface area contributed by atoms with Gasteiger partial charge in [0.1, 0.15) is 17.2 Å². The summed E-state index contributed by atoms with van der Waals surface area (Å²) in [5.41, 5.74) is 3.51. The Morgan fingerprint density at radius 3 is 2.38 bits per heavy atom. The van der Waals surface area contributed by atoms with E-state index in [0.717, 1.165) is 11.1 Å². The predicted molar refractivity (Wildman–Crippen MR) is 139 cm³/mol. The maximum atomic E-state index is 12.7. The zero-order valence-corrected chi connectivity index (χ0v) is 20.8. The zero-order valence-electron chi connectivity index (χ0n) is 20.0. The minimum atomic E-state index is -0.262. The first kappa shape index (κ1) is 24.1. The fourth-order valence-corrected chi connectivity index (χ4v) is 3.77. The topological polar surface area (TPSA) is 104 Å². The fourth-order valence-electron chi connectivity index (χ4n) is 3.65. The van der Waals surface area contributed by atoms with Crippen molar-refractivity contribution in [3.8, 4) is 34.5 Å². The van der Waals surface area contributed by atoms with Crippen LogP contribution >= 0.6 is 11.6 Å². The third kappa shape index (κ3) is 5.62. The summed E-state index contributed by atoms with van der Waals surface area (Å²) in [4.78, 5) is 21.5. The Bertz CT molecular complexity index is 1510. The number of benzene rings is 3. The lowest BCUT2D eigenvalue weighted by Crippen LogP contribution is -2.12. The number of halogens is 1. The number of imidazole rings is 1. The molecule has 9 nitrogen and oxygen atoms in total. The van der Waals surface area contributed by atoms with E-state index in [4.69, 9.17) is 25.6 Å². The van der Waals surface area contributed by atoms with E-state index in [1.807, 2.05) is 47.2 Å². The highest BCUT2D eigenvalue weighted by Crippen LogP contribution is 2.24. The molecule has 2 heterocycles. The van der Waals surface area contributed by atoms with E-state index in [9.17, 15) is 4.79 Å². The molecule has 37 heavy (non-hydrogen) atoms. The van der Waals surface area contributed by atoms with E-state index >= 15 is 0 Å². The molecule has 0 saturated carbocycles. The first-order valence-corrected chi connectivity index (χ1v) is 11.6. The maximum Gasteiger partial charge on any atom is 0.278 e. The Kier molecular flexibility index (Phi) is 6.87. The molecule has 0 atom stereocenters. The molecule has 0 radical (unpaired) electrons. The monoisotopic (exact) mass is 515 g/mol. The molecule has 186 valence electrons. The number of anilines is 1. The lowest BCUT2D eigenvalue weighted by Gasteiger charge is -2.10. The smallest absolute Gasteiger partial charge is 0.278 e. The number of ether oxygens (including phenoxy) is 2. The van der Waals surface area contributed by atoms with Gasteiger partial charge in [0, 0.05) is 40.6 Å². The van der Waals surface area contributed by atoms with Crippen LogP contribution in [0.15, 0.2) is 83.8 Å². The van der Waals surface area contributed by atoms with Gasteiger partial charge in [0.2, 0.25) is 5.82 Å². The van der Waals surface area contributed by atoms with Crippen LogP contribution < -0.4 is 14.8 Å². The van der Waals surface area contributed by atoms with Gasteiger partial charge in [-0.25, -0.2) is 4.98 Å². The summed E-state index contributed by atoms with van der Waals surface area (Å²) in [5.74, 6) is 1.62. The Hall–Kier alpha value is -4.63. The summed E-state index contributed by atoms with van der Waals surface area (Å²) in [6.07, 6.45) is 3.54. The SMILES string of the molecule is COc1cc(OC)cc(C(=O)Nc2ccc(Cn3cnc(-c4nc(-c5ccc(Cl)cc5)no4)c3)cc2)c1. The quantitative estimate of drug-likeness (QED) is 0.288. The minimum Gasteiger partial charge on any atom is -0.497 e. The Morgan fingerprint density at radius 2 is 1.70 bits per heavy atom. The Labute approximate surface area is 217 Å². The number of nitrogens with zero attached hydrogens (tertiary/aromatic N) is 4. The van der Waals surface area contributed by atoms with Crippen molar-refractivity contribution in [2.45, 2.75) is 6.54 Å². The van der Waals surface area contributed by atoms with Crippen molar-refractivity contribution < 1.29 is 18.8 Å². The molecule has 5 rings (SSSR count). The fraction of sp³-hybridized carbons (Fsp3) is 0.111.